The van der Waals surface area contributed by atoms with Gasteiger partial charge in [0.1, 0.15) is 0 Å². The van der Waals surface area contributed by atoms with E-state index in [0.717, 1.165) is 51.1 Å². The number of benzene rings is 1. The standard InChI is InChI=1S/C16H22F3N/c1-2-10-20-14-7-5-3-4-6-11(14)12-8-9-13(17)16(19)15(12)18/h8-9,11,14,20H,2-7,10H2,1H3. The van der Waals surface area contributed by atoms with Gasteiger partial charge in [0.2, 0.25) is 0 Å². The Hall–Kier alpha value is -1.03. The second kappa shape index (κ2) is 7.11. The highest BCUT2D eigenvalue weighted by molar-refractivity contribution is 5.26. The maximum Gasteiger partial charge on any atom is 0.194 e. The van der Waals surface area contributed by atoms with Crippen LogP contribution < -0.4 is 5.32 Å². The summed E-state index contributed by atoms with van der Waals surface area (Å²) in [6.07, 6.45) is 6.01. The maximum absolute atomic E-state index is 14.0. The molecule has 20 heavy (non-hydrogen) atoms. The van der Waals surface area contributed by atoms with Crippen molar-refractivity contribution in [3.05, 3.63) is 35.1 Å². The van der Waals surface area contributed by atoms with Gasteiger partial charge in [-0.2, -0.15) is 0 Å². The number of nitrogens with one attached hydrogen (secondary N) is 1. The van der Waals surface area contributed by atoms with Gasteiger partial charge >= 0.3 is 0 Å². The van der Waals surface area contributed by atoms with Crippen LogP contribution in [0.15, 0.2) is 12.1 Å². The van der Waals surface area contributed by atoms with E-state index in [9.17, 15) is 13.2 Å². The van der Waals surface area contributed by atoms with Gasteiger partial charge in [0.15, 0.2) is 17.5 Å². The van der Waals surface area contributed by atoms with E-state index >= 15 is 0 Å². The Balaban J connectivity index is 2.28. The van der Waals surface area contributed by atoms with Crippen LogP contribution in [0.4, 0.5) is 13.2 Å². The lowest BCUT2D eigenvalue weighted by molar-refractivity contribution is 0.384. The van der Waals surface area contributed by atoms with E-state index in [1.54, 1.807) is 0 Å². The van der Waals surface area contributed by atoms with E-state index in [4.69, 9.17) is 0 Å². The number of hydrogen-bond donors (Lipinski definition) is 1. The zero-order chi connectivity index (χ0) is 14.5. The minimum absolute atomic E-state index is 0.0702. The Morgan fingerprint density at radius 1 is 1.05 bits per heavy atom. The molecule has 0 bridgehead atoms. The summed E-state index contributed by atoms with van der Waals surface area (Å²) < 4.78 is 40.6. The van der Waals surface area contributed by atoms with Gasteiger partial charge in [-0.3, -0.25) is 0 Å². The molecule has 0 aliphatic heterocycles. The van der Waals surface area contributed by atoms with Crippen LogP contribution in [0.2, 0.25) is 0 Å². The van der Waals surface area contributed by atoms with Crippen molar-refractivity contribution in [3.63, 3.8) is 0 Å². The summed E-state index contributed by atoms with van der Waals surface area (Å²) in [6.45, 7) is 2.95. The van der Waals surface area contributed by atoms with E-state index < -0.39 is 17.5 Å². The lowest BCUT2D eigenvalue weighted by Gasteiger charge is -2.27. The number of rotatable bonds is 4. The van der Waals surface area contributed by atoms with Crippen molar-refractivity contribution in [2.45, 2.75) is 57.4 Å². The highest BCUT2D eigenvalue weighted by atomic mass is 19.2. The summed E-state index contributed by atoms with van der Waals surface area (Å²) in [5, 5.41) is 3.44. The van der Waals surface area contributed by atoms with Crippen LogP contribution in [0, 0.1) is 17.5 Å². The SMILES string of the molecule is CCCNC1CCCCCC1c1ccc(F)c(F)c1F. The van der Waals surface area contributed by atoms with Crippen LogP contribution in [0.1, 0.15) is 56.9 Å². The van der Waals surface area contributed by atoms with Gasteiger partial charge < -0.3 is 5.32 Å². The molecule has 1 aliphatic carbocycles. The molecule has 0 heterocycles. The molecule has 1 aromatic carbocycles. The minimum Gasteiger partial charge on any atom is -0.313 e. The fraction of sp³-hybridized carbons (Fsp3) is 0.625. The second-order valence-electron chi connectivity index (χ2n) is 5.57. The van der Waals surface area contributed by atoms with Gasteiger partial charge in [-0.25, -0.2) is 13.2 Å². The van der Waals surface area contributed by atoms with Gasteiger partial charge in [0, 0.05) is 12.0 Å². The average Bonchev–Trinajstić information content (AvgIpc) is 2.68. The largest absolute Gasteiger partial charge is 0.313 e. The first-order valence-electron chi connectivity index (χ1n) is 7.52. The molecule has 0 saturated heterocycles. The second-order valence-corrected chi connectivity index (χ2v) is 5.57. The van der Waals surface area contributed by atoms with Gasteiger partial charge in [-0.1, -0.05) is 32.3 Å². The summed E-state index contributed by atoms with van der Waals surface area (Å²) in [4.78, 5) is 0. The van der Waals surface area contributed by atoms with Crippen molar-refractivity contribution < 1.29 is 13.2 Å². The molecule has 2 atom stereocenters. The third-order valence-corrected chi connectivity index (χ3v) is 4.14. The molecule has 1 aromatic rings. The Labute approximate surface area is 118 Å². The topological polar surface area (TPSA) is 12.0 Å². The molecule has 0 radical (unpaired) electrons. The van der Waals surface area contributed by atoms with Crippen LogP contribution in [0.5, 0.6) is 0 Å². The molecule has 4 heteroatoms. The molecular formula is C16H22F3N. The highest BCUT2D eigenvalue weighted by Crippen LogP contribution is 2.34. The van der Waals surface area contributed by atoms with Crippen molar-refractivity contribution in [1.82, 2.24) is 5.32 Å². The van der Waals surface area contributed by atoms with Gasteiger partial charge in [0.05, 0.1) is 0 Å². The fourth-order valence-corrected chi connectivity index (χ4v) is 3.08. The van der Waals surface area contributed by atoms with Crippen molar-refractivity contribution in [2.24, 2.45) is 0 Å². The monoisotopic (exact) mass is 285 g/mol. The number of halogens is 3. The Morgan fingerprint density at radius 3 is 2.55 bits per heavy atom. The molecule has 112 valence electrons. The van der Waals surface area contributed by atoms with Crippen molar-refractivity contribution >= 4 is 0 Å². The maximum atomic E-state index is 14.0. The smallest absolute Gasteiger partial charge is 0.194 e. The van der Waals surface area contributed by atoms with Gasteiger partial charge in [-0.05, 0) is 37.4 Å². The van der Waals surface area contributed by atoms with Crippen LogP contribution in [-0.2, 0) is 0 Å². The molecule has 0 amide bonds. The van der Waals surface area contributed by atoms with Crippen LogP contribution >= 0.6 is 0 Å². The molecule has 1 N–H and O–H groups in total. The van der Waals surface area contributed by atoms with E-state index in [1.165, 1.54) is 6.07 Å². The first-order valence-corrected chi connectivity index (χ1v) is 7.52. The number of hydrogen-bond acceptors (Lipinski definition) is 1. The van der Waals surface area contributed by atoms with Crippen molar-refractivity contribution in [3.8, 4) is 0 Å². The van der Waals surface area contributed by atoms with E-state index in [1.807, 2.05) is 0 Å². The molecule has 1 nitrogen and oxygen atoms in total. The normalized spacial score (nSPS) is 23.6. The third kappa shape index (κ3) is 3.35. The molecule has 1 fully saturated rings. The van der Waals surface area contributed by atoms with Crippen molar-refractivity contribution in [2.75, 3.05) is 6.54 Å². The van der Waals surface area contributed by atoms with Crippen LogP contribution in [0.25, 0.3) is 0 Å². The summed E-state index contributed by atoms with van der Waals surface area (Å²) in [7, 11) is 0. The molecule has 0 aromatic heterocycles. The third-order valence-electron chi connectivity index (χ3n) is 4.14. The van der Waals surface area contributed by atoms with E-state index in [2.05, 4.69) is 12.2 Å². The quantitative estimate of drug-likeness (QED) is 0.633. The lowest BCUT2D eigenvalue weighted by Crippen LogP contribution is -2.35. The lowest BCUT2D eigenvalue weighted by atomic mass is 9.87. The van der Waals surface area contributed by atoms with Crippen LogP contribution in [0.3, 0.4) is 0 Å². The molecule has 0 spiro atoms. The molecule has 2 rings (SSSR count). The van der Waals surface area contributed by atoms with Gasteiger partial charge in [0.25, 0.3) is 0 Å². The molecule has 1 aliphatic rings. The Kier molecular flexibility index (Phi) is 5.46. The minimum atomic E-state index is -1.35. The summed E-state index contributed by atoms with van der Waals surface area (Å²) >= 11 is 0. The molecular weight excluding hydrogens is 263 g/mol. The molecule has 2 unspecified atom stereocenters. The highest BCUT2D eigenvalue weighted by Gasteiger charge is 2.28. The summed E-state index contributed by atoms with van der Waals surface area (Å²) in [5.41, 5.74) is 0.319. The van der Waals surface area contributed by atoms with E-state index in [-0.39, 0.29) is 12.0 Å². The predicted octanol–water partition coefficient (Wildman–Crippen LogP) is 4.52. The first-order chi connectivity index (χ1) is 9.65. The Bertz CT molecular complexity index is 448. The predicted molar refractivity (Wildman–Crippen MR) is 74.2 cm³/mol. The van der Waals surface area contributed by atoms with E-state index in [0.29, 0.717) is 5.56 Å². The zero-order valence-corrected chi connectivity index (χ0v) is 11.9. The molecule has 1 saturated carbocycles. The summed E-state index contributed by atoms with van der Waals surface area (Å²) in [6, 6.07) is 2.59. The van der Waals surface area contributed by atoms with Crippen molar-refractivity contribution in [1.29, 1.82) is 0 Å². The van der Waals surface area contributed by atoms with Crippen LogP contribution in [-0.4, -0.2) is 12.6 Å². The zero-order valence-electron chi connectivity index (χ0n) is 11.9. The first kappa shape index (κ1) is 15.4. The van der Waals surface area contributed by atoms with Gasteiger partial charge in [-0.15, -0.1) is 0 Å². The average molecular weight is 285 g/mol. The fourth-order valence-electron chi connectivity index (χ4n) is 3.08. The Morgan fingerprint density at radius 2 is 1.80 bits per heavy atom. The summed E-state index contributed by atoms with van der Waals surface area (Å²) in [5.74, 6) is -3.54.